The average Bonchev–Trinajstić information content (AvgIpc) is 2.47. The monoisotopic (exact) mass is 268 g/mol. The number of aryl methyl sites for hydroxylation is 1. The van der Waals surface area contributed by atoms with Crippen molar-refractivity contribution in [1.29, 1.82) is 5.26 Å². The smallest absolute Gasteiger partial charge is 0.147 e. The van der Waals surface area contributed by atoms with Crippen LogP contribution in [0, 0.1) is 18.3 Å². The molecule has 0 unspecified atom stereocenters. The topological polar surface area (TPSA) is 70.8 Å². The van der Waals surface area contributed by atoms with Crippen molar-refractivity contribution in [1.82, 2.24) is 15.3 Å². The molecular weight excluding hydrogens is 252 g/mol. The molecule has 102 valence electrons. The molecule has 1 N–H and O–H groups in total. The van der Waals surface area contributed by atoms with Crippen molar-refractivity contribution in [3.05, 3.63) is 53.1 Å². The van der Waals surface area contributed by atoms with E-state index in [0.29, 0.717) is 18.8 Å². The highest BCUT2D eigenvalue weighted by atomic mass is 16.5. The second-order valence-corrected chi connectivity index (χ2v) is 4.34. The second kappa shape index (κ2) is 6.64. The van der Waals surface area contributed by atoms with Crippen LogP contribution >= 0.6 is 0 Å². The number of pyridine rings is 2. The van der Waals surface area contributed by atoms with E-state index >= 15 is 0 Å². The zero-order chi connectivity index (χ0) is 14.4. The van der Waals surface area contributed by atoms with Crippen LogP contribution in [0.3, 0.4) is 0 Å². The van der Waals surface area contributed by atoms with E-state index in [0.717, 1.165) is 22.7 Å². The van der Waals surface area contributed by atoms with Crippen LogP contribution < -0.4 is 10.1 Å². The molecule has 0 saturated heterocycles. The molecule has 0 aliphatic rings. The highest BCUT2D eigenvalue weighted by molar-refractivity contribution is 5.32. The third kappa shape index (κ3) is 3.31. The third-order valence-electron chi connectivity index (χ3n) is 2.80. The lowest BCUT2D eigenvalue weighted by Crippen LogP contribution is -2.10. The Hall–Kier alpha value is -2.45. The van der Waals surface area contributed by atoms with Gasteiger partial charge in [0.15, 0.2) is 0 Å². The van der Waals surface area contributed by atoms with Gasteiger partial charge in [-0.3, -0.25) is 4.98 Å². The first-order valence-corrected chi connectivity index (χ1v) is 6.32. The number of rotatable bonds is 5. The van der Waals surface area contributed by atoms with Gasteiger partial charge in [-0.15, -0.1) is 0 Å². The maximum atomic E-state index is 9.00. The Morgan fingerprint density at radius 2 is 2.20 bits per heavy atom. The molecule has 5 heteroatoms. The van der Waals surface area contributed by atoms with E-state index in [1.54, 1.807) is 12.3 Å². The fraction of sp³-hybridized carbons (Fsp3) is 0.267. The molecule has 2 aromatic heterocycles. The molecule has 0 fully saturated rings. The molecule has 2 rings (SSSR count). The number of ether oxygens (including phenoxy) is 1. The average molecular weight is 268 g/mol. The van der Waals surface area contributed by atoms with E-state index in [1.807, 2.05) is 32.2 Å². The maximum absolute atomic E-state index is 9.00. The predicted molar refractivity (Wildman–Crippen MR) is 75.0 cm³/mol. The number of hydrogen-bond donors (Lipinski definition) is 1. The Balaban J connectivity index is 2.17. The van der Waals surface area contributed by atoms with Gasteiger partial charge in [0.25, 0.3) is 0 Å². The van der Waals surface area contributed by atoms with Crippen molar-refractivity contribution in [3.63, 3.8) is 0 Å². The van der Waals surface area contributed by atoms with E-state index in [2.05, 4.69) is 21.4 Å². The first kappa shape index (κ1) is 14.0. The van der Waals surface area contributed by atoms with Crippen LogP contribution in [-0.2, 0) is 13.2 Å². The van der Waals surface area contributed by atoms with E-state index in [-0.39, 0.29) is 0 Å². The standard InChI is InChI=1S/C15H16N4O/c1-11-5-6-15(14(19-11)9-17-2)20-10-12-4-3-7-18-13(12)8-16/h3-7,17H,9-10H2,1-2H3. The van der Waals surface area contributed by atoms with Crippen LogP contribution in [0.4, 0.5) is 0 Å². The molecule has 0 amide bonds. The minimum absolute atomic E-state index is 0.304. The van der Waals surface area contributed by atoms with Gasteiger partial charge in [0.05, 0.1) is 5.69 Å². The van der Waals surface area contributed by atoms with Crippen molar-refractivity contribution in [2.45, 2.75) is 20.1 Å². The van der Waals surface area contributed by atoms with E-state index < -0.39 is 0 Å². The lowest BCUT2D eigenvalue weighted by molar-refractivity contribution is 0.299. The first-order valence-electron chi connectivity index (χ1n) is 6.32. The van der Waals surface area contributed by atoms with Crippen molar-refractivity contribution in [2.24, 2.45) is 0 Å². The van der Waals surface area contributed by atoms with E-state index in [4.69, 9.17) is 10.00 Å². The number of nitrogens with one attached hydrogen (secondary N) is 1. The zero-order valence-corrected chi connectivity index (χ0v) is 11.6. The van der Waals surface area contributed by atoms with Crippen LogP contribution in [0.1, 0.15) is 22.6 Å². The SMILES string of the molecule is CNCc1nc(C)ccc1OCc1cccnc1C#N. The van der Waals surface area contributed by atoms with Crippen LogP contribution in [0.15, 0.2) is 30.5 Å². The summed E-state index contributed by atoms with van der Waals surface area (Å²) in [6.45, 7) is 2.88. The molecule has 0 aliphatic heterocycles. The second-order valence-electron chi connectivity index (χ2n) is 4.34. The van der Waals surface area contributed by atoms with Gasteiger partial charge >= 0.3 is 0 Å². The van der Waals surface area contributed by atoms with Gasteiger partial charge in [0.1, 0.15) is 24.1 Å². The minimum Gasteiger partial charge on any atom is -0.487 e. The summed E-state index contributed by atoms with van der Waals surface area (Å²) in [5.41, 5.74) is 2.96. The molecule has 2 heterocycles. The molecule has 0 atom stereocenters. The number of hydrogen-bond acceptors (Lipinski definition) is 5. The zero-order valence-electron chi connectivity index (χ0n) is 11.6. The van der Waals surface area contributed by atoms with Gasteiger partial charge in [0.2, 0.25) is 0 Å². The van der Waals surface area contributed by atoms with Gasteiger partial charge in [-0.25, -0.2) is 4.98 Å². The van der Waals surface area contributed by atoms with Crippen molar-refractivity contribution >= 4 is 0 Å². The summed E-state index contributed by atoms with van der Waals surface area (Å²) in [6, 6.07) is 9.50. The Morgan fingerprint density at radius 1 is 1.35 bits per heavy atom. The molecule has 20 heavy (non-hydrogen) atoms. The molecule has 0 aromatic carbocycles. The molecule has 0 saturated carbocycles. The normalized spacial score (nSPS) is 10.1. The van der Waals surface area contributed by atoms with Crippen molar-refractivity contribution in [2.75, 3.05) is 7.05 Å². The lowest BCUT2D eigenvalue weighted by atomic mass is 10.2. The predicted octanol–water partition coefficient (Wildman–Crippen LogP) is 1.96. The van der Waals surface area contributed by atoms with Crippen LogP contribution in [-0.4, -0.2) is 17.0 Å². The summed E-state index contributed by atoms with van der Waals surface area (Å²) in [7, 11) is 1.86. The Kier molecular flexibility index (Phi) is 4.64. The van der Waals surface area contributed by atoms with Crippen LogP contribution in [0.2, 0.25) is 0 Å². The van der Waals surface area contributed by atoms with E-state index in [9.17, 15) is 0 Å². The Labute approximate surface area is 118 Å². The van der Waals surface area contributed by atoms with E-state index in [1.165, 1.54) is 0 Å². The quantitative estimate of drug-likeness (QED) is 0.897. The fourth-order valence-electron chi connectivity index (χ4n) is 1.83. The van der Waals surface area contributed by atoms with Gasteiger partial charge in [-0.2, -0.15) is 5.26 Å². The molecule has 2 aromatic rings. The molecule has 0 radical (unpaired) electrons. The summed E-state index contributed by atoms with van der Waals surface area (Å²) < 4.78 is 5.78. The Bertz CT molecular complexity index is 634. The highest BCUT2D eigenvalue weighted by Crippen LogP contribution is 2.19. The maximum Gasteiger partial charge on any atom is 0.147 e. The molecule has 5 nitrogen and oxygen atoms in total. The summed E-state index contributed by atoms with van der Waals surface area (Å²) in [5.74, 6) is 0.720. The van der Waals surface area contributed by atoms with Gasteiger partial charge in [-0.1, -0.05) is 6.07 Å². The first-order chi connectivity index (χ1) is 9.74. The lowest BCUT2D eigenvalue weighted by Gasteiger charge is -2.11. The van der Waals surface area contributed by atoms with Crippen LogP contribution in [0.25, 0.3) is 0 Å². The van der Waals surface area contributed by atoms with Crippen molar-refractivity contribution in [3.8, 4) is 11.8 Å². The third-order valence-corrected chi connectivity index (χ3v) is 2.80. The highest BCUT2D eigenvalue weighted by Gasteiger charge is 2.08. The number of aromatic nitrogens is 2. The largest absolute Gasteiger partial charge is 0.487 e. The number of nitriles is 1. The number of nitrogens with zero attached hydrogens (tertiary/aromatic N) is 3. The molecule has 0 aliphatic carbocycles. The molecule has 0 spiro atoms. The van der Waals surface area contributed by atoms with Gasteiger partial charge < -0.3 is 10.1 Å². The summed E-state index contributed by atoms with van der Waals surface area (Å²) in [6.07, 6.45) is 1.60. The summed E-state index contributed by atoms with van der Waals surface area (Å²) in [5, 5.41) is 12.1. The molecule has 0 bridgehead atoms. The van der Waals surface area contributed by atoms with Crippen molar-refractivity contribution < 1.29 is 4.74 Å². The molecular formula is C15H16N4O. The van der Waals surface area contributed by atoms with Crippen LogP contribution in [0.5, 0.6) is 5.75 Å². The summed E-state index contributed by atoms with van der Waals surface area (Å²) >= 11 is 0. The Morgan fingerprint density at radius 3 is 2.95 bits per heavy atom. The summed E-state index contributed by atoms with van der Waals surface area (Å²) in [4.78, 5) is 8.46. The van der Waals surface area contributed by atoms with Gasteiger partial charge in [0, 0.05) is 24.0 Å². The minimum atomic E-state index is 0.304. The van der Waals surface area contributed by atoms with Gasteiger partial charge in [-0.05, 0) is 32.2 Å². The fourth-order valence-corrected chi connectivity index (χ4v) is 1.83.